The van der Waals surface area contributed by atoms with Crippen LogP contribution in [0.15, 0.2) is 48.8 Å². The monoisotopic (exact) mass is 300 g/mol. The predicted octanol–water partition coefficient (Wildman–Crippen LogP) is 1.92. The van der Waals surface area contributed by atoms with Crippen LogP contribution in [0.2, 0.25) is 0 Å². The largest absolute Gasteiger partial charge is 0.481 e. The minimum Gasteiger partial charge on any atom is -0.481 e. The Morgan fingerprint density at radius 2 is 1.86 bits per heavy atom. The molecular weight excluding hydrogens is 284 g/mol. The van der Waals surface area contributed by atoms with E-state index in [0.717, 1.165) is 5.56 Å². The lowest BCUT2D eigenvalue weighted by atomic mass is 10.0. The van der Waals surface area contributed by atoms with E-state index in [2.05, 4.69) is 5.10 Å². The van der Waals surface area contributed by atoms with E-state index in [1.807, 2.05) is 42.5 Å². The summed E-state index contributed by atoms with van der Waals surface area (Å²) in [5, 5.41) is 21.8. The minimum atomic E-state index is -1.45. The van der Waals surface area contributed by atoms with Gasteiger partial charge >= 0.3 is 11.9 Å². The zero-order chi connectivity index (χ0) is 15.9. The van der Waals surface area contributed by atoms with Crippen LogP contribution in [0.25, 0.3) is 6.08 Å². The van der Waals surface area contributed by atoms with Gasteiger partial charge in [-0.15, -0.1) is 0 Å². The molecule has 6 heteroatoms. The molecule has 0 spiro atoms. The highest BCUT2D eigenvalue weighted by Gasteiger charge is 2.26. The molecule has 22 heavy (non-hydrogen) atoms. The molecule has 0 aliphatic heterocycles. The Hall–Kier alpha value is -2.89. The van der Waals surface area contributed by atoms with Gasteiger partial charge < -0.3 is 10.2 Å². The molecule has 2 rings (SSSR count). The number of allylic oxidation sites excluding steroid dienone is 1. The summed E-state index contributed by atoms with van der Waals surface area (Å²) in [6, 6.07) is 9.80. The zero-order valence-electron chi connectivity index (χ0n) is 11.8. The van der Waals surface area contributed by atoms with Crippen LogP contribution in [0.1, 0.15) is 11.1 Å². The zero-order valence-corrected chi connectivity index (χ0v) is 11.8. The molecule has 0 saturated carbocycles. The van der Waals surface area contributed by atoms with E-state index in [-0.39, 0.29) is 6.42 Å². The average Bonchev–Trinajstić information content (AvgIpc) is 2.93. The van der Waals surface area contributed by atoms with Gasteiger partial charge in [-0.25, -0.2) is 0 Å². The smallest absolute Gasteiger partial charge is 0.318 e. The molecule has 0 fully saturated rings. The number of carbonyl (C=O) groups is 2. The van der Waals surface area contributed by atoms with E-state index in [1.165, 1.54) is 6.20 Å². The highest BCUT2D eigenvalue weighted by molar-refractivity contribution is 5.93. The normalized spacial score (nSPS) is 11.1. The Balaban J connectivity index is 1.95. The second kappa shape index (κ2) is 7.21. The lowest BCUT2D eigenvalue weighted by Crippen LogP contribution is -2.25. The Morgan fingerprint density at radius 1 is 1.18 bits per heavy atom. The van der Waals surface area contributed by atoms with Crippen molar-refractivity contribution >= 4 is 18.0 Å². The Kier molecular flexibility index (Phi) is 5.08. The van der Waals surface area contributed by atoms with Crippen LogP contribution < -0.4 is 0 Å². The molecule has 1 heterocycles. The van der Waals surface area contributed by atoms with Gasteiger partial charge in [0.1, 0.15) is 0 Å². The van der Waals surface area contributed by atoms with Gasteiger partial charge in [-0.1, -0.05) is 42.5 Å². The number of rotatable bonds is 7. The fourth-order valence-electron chi connectivity index (χ4n) is 1.99. The summed E-state index contributed by atoms with van der Waals surface area (Å²) in [6.07, 6.45) is 6.97. The van der Waals surface area contributed by atoms with E-state index in [0.29, 0.717) is 12.1 Å². The van der Waals surface area contributed by atoms with Gasteiger partial charge in [0.15, 0.2) is 5.92 Å². The number of hydrogen-bond donors (Lipinski definition) is 2. The molecule has 0 atom stereocenters. The lowest BCUT2D eigenvalue weighted by molar-refractivity contribution is -0.154. The molecule has 6 nitrogen and oxygen atoms in total. The fraction of sp³-hybridized carbons (Fsp3) is 0.188. The lowest BCUT2D eigenvalue weighted by Gasteiger charge is -2.04. The minimum absolute atomic E-state index is 0.0763. The summed E-state index contributed by atoms with van der Waals surface area (Å²) in [7, 11) is 0. The van der Waals surface area contributed by atoms with Crippen LogP contribution in [0, 0.1) is 5.92 Å². The third kappa shape index (κ3) is 4.31. The molecule has 2 aromatic rings. The third-order valence-corrected chi connectivity index (χ3v) is 3.13. The van der Waals surface area contributed by atoms with E-state index in [4.69, 9.17) is 10.2 Å². The quantitative estimate of drug-likeness (QED) is 0.762. The first kappa shape index (κ1) is 15.5. The number of aromatic nitrogens is 2. The van der Waals surface area contributed by atoms with Gasteiger partial charge in [0.2, 0.25) is 0 Å². The number of nitrogens with zero attached hydrogens (tertiary/aromatic N) is 2. The Labute approximate surface area is 127 Å². The second-order valence-electron chi connectivity index (χ2n) is 4.82. The molecule has 0 aliphatic rings. The van der Waals surface area contributed by atoms with Crippen LogP contribution in [-0.2, 0) is 22.6 Å². The first-order valence-corrected chi connectivity index (χ1v) is 6.75. The van der Waals surface area contributed by atoms with Gasteiger partial charge in [0.25, 0.3) is 0 Å². The van der Waals surface area contributed by atoms with Crippen molar-refractivity contribution in [2.45, 2.75) is 13.0 Å². The van der Waals surface area contributed by atoms with Crippen molar-refractivity contribution in [2.24, 2.45) is 5.92 Å². The maximum atomic E-state index is 10.9. The average molecular weight is 300 g/mol. The van der Waals surface area contributed by atoms with Crippen LogP contribution in [0.3, 0.4) is 0 Å². The topological polar surface area (TPSA) is 92.4 Å². The van der Waals surface area contributed by atoms with Crippen molar-refractivity contribution in [1.29, 1.82) is 0 Å². The van der Waals surface area contributed by atoms with E-state index in [9.17, 15) is 9.59 Å². The number of benzene rings is 1. The number of carboxylic acids is 2. The number of aliphatic carboxylic acids is 2. The molecule has 1 aromatic heterocycles. The molecule has 114 valence electrons. The van der Waals surface area contributed by atoms with Crippen molar-refractivity contribution in [3.8, 4) is 0 Å². The molecule has 2 N–H and O–H groups in total. The van der Waals surface area contributed by atoms with E-state index < -0.39 is 17.9 Å². The third-order valence-electron chi connectivity index (χ3n) is 3.13. The number of hydrogen-bond acceptors (Lipinski definition) is 3. The maximum absolute atomic E-state index is 10.9. The van der Waals surface area contributed by atoms with Crippen molar-refractivity contribution in [2.75, 3.05) is 0 Å². The summed E-state index contributed by atoms with van der Waals surface area (Å²) in [4.78, 5) is 21.7. The highest BCUT2D eigenvalue weighted by atomic mass is 16.4. The predicted molar refractivity (Wildman–Crippen MR) is 80.2 cm³/mol. The van der Waals surface area contributed by atoms with Crippen molar-refractivity contribution < 1.29 is 19.8 Å². The maximum Gasteiger partial charge on any atom is 0.318 e. The van der Waals surface area contributed by atoms with Crippen molar-refractivity contribution in [3.63, 3.8) is 0 Å². The van der Waals surface area contributed by atoms with Gasteiger partial charge in [-0.3, -0.25) is 14.3 Å². The molecule has 0 aliphatic carbocycles. The Bertz CT molecular complexity index is 662. The van der Waals surface area contributed by atoms with Gasteiger partial charge in [0.05, 0.1) is 12.7 Å². The second-order valence-corrected chi connectivity index (χ2v) is 4.82. The van der Waals surface area contributed by atoms with E-state index >= 15 is 0 Å². The molecule has 1 aromatic carbocycles. The summed E-state index contributed by atoms with van der Waals surface area (Å²) in [5.41, 5.74) is 1.66. The molecular formula is C16H16N2O4. The molecule has 0 amide bonds. The molecule has 0 unspecified atom stereocenters. The SMILES string of the molecule is O=C(O)C(Cc1cnn(C/C=C/c2ccccc2)c1)C(=O)O. The molecule has 0 saturated heterocycles. The summed E-state index contributed by atoms with van der Waals surface area (Å²) in [5.74, 6) is -4.13. The molecule has 0 radical (unpaired) electrons. The van der Waals surface area contributed by atoms with Crippen molar-refractivity contribution in [1.82, 2.24) is 9.78 Å². The van der Waals surface area contributed by atoms with Gasteiger partial charge in [0, 0.05) is 6.20 Å². The first-order valence-electron chi connectivity index (χ1n) is 6.75. The fourth-order valence-corrected chi connectivity index (χ4v) is 1.99. The summed E-state index contributed by atoms with van der Waals surface area (Å²) in [6.45, 7) is 0.527. The summed E-state index contributed by atoms with van der Waals surface area (Å²) < 4.78 is 1.63. The first-order chi connectivity index (χ1) is 10.6. The Morgan fingerprint density at radius 3 is 2.50 bits per heavy atom. The van der Waals surface area contributed by atoms with Crippen LogP contribution >= 0.6 is 0 Å². The van der Waals surface area contributed by atoms with E-state index in [1.54, 1.807) is 10.9 Å². The standard InChI is InChI=1S/C16H16N2O4/c19-15(20)14(16(21)22)9-13-10-17-18(11-13)8-4-7-12-5-2-1-3-6-12/h1-7,10-11,14H,8-9H2,(H,19,20)(H,21,22)/b7-4+. The van der Waals surface area contributed by atoms with Gasteiger partial charge in [-0.05, 0) is 17.5 Å². The highest BCUT2D eigenvalue weighted by Crippen LogP contribution is 2.09. The van der Waals surface area contributed by atoms with Gasteiger partial charge in [-0.2, -0.15) is 5.10 Å². The molecule has 0 bridgehead atoms. The summed E-state index contributed by atoms with van der Waals surface area (Å²) >= 11 is 0. The van der Waals surface area contributed by atoms with Crippen LogP contribution in [0.4, 0.5) is 0 Å². The number of carboxylic acid groups (broad SMARTS) is 2. The van der Waals surface area contributed by atoms with Crippen LogP contribution in [-0.4, -0.2) is 31.9 Å². The van der Waals surface area contributed by atoms with Crippen molar-refractivity contribution in [3.05, 3.63) is 59.9 Å². The van der Waals surface area contributed by atoms with Crippen LogP contribution in [0.5, 0.6) is 0 Å².